The Morgan fingerprint density at radius 3 is 2.62 bits per heavy atom. The maximum absolute atomic E-state index is 12.6. The second-order valence-corrected chi connectivity index (χ2v) is 7.17. The van der Waals surface area contributed by atoms with Crippen LogP contribution < -0.4 is 0 Å². The number of carboxylic acids is 1. The molecule has 1 N–H and O–H groups in total. The first-order valence-electron chi connectivity index (χ1n) is 7.67. The first-order valence-corrected chi connectivity index (χ1v) is 8.89. The lowest BCUT2D eigenvalue weighted by molar-refractivity contribution is -0.145. The van der Waals surface area contributed by atoms with E-state index in [1.807, 2.05) is 50.3 Å². The van der Waals surface area contributed by atoms with E-state index >= 15 is 0 Å². The van der Waals surface area contributed by atoms with Gasteiger partial charge in [0, 0.05) is 0 Å². The van der Waals surface area contributed by atoms with Crippen LogP contribution in [0.1, 0.15) is 32.3 Å². The van der Waals surface area contributed by atoms with E-state index in [0.717, 1.165) is 22.9 Å². The molecule has 1 aliphatic rings. The number of allylic oxidation sites excluding steroid dienone is 2. The van der Waals surface area contributed by atoms with Crippen molar-refractivity contribution >= 4 is 46.3 Å². The summed E-state index contributed by atoms with van der Waals surface area (Å²) in [5, 5.41) is 9.37. The van der Waals surface area contributed by atoms with E-state index in [2.05, 4.69) is 0 Å². The van der Waals surface area contributed by atoms with E-state index < -0.39 is 12.0 Å². The molecule has 0 bridgehead atoms. The third-order valence-corrected chi connectivity index (χ3v) is 4.87. The molecule has 1 aromatic rings. The lowest BCUT2D eigenvalue weighted by atomic mass is 10.1. The number of carbonyl (C=O) groups is 2. The molecule has 0 saturated carbocycles. The largest absolute Gasteiger partial charge is 0.480 e. The number of amides is 1. The number of hydrogen-bond donors (Lipinski definition) is 1. The number of carbonyl (C=O) groups excluding carboxylic acids is 1. The molecule has 24 heavy (non-hydrogen) atoms. The molecule has 1 saturated heterocycles. The fourth-order valence-corrected chi connectivity index (χ4v) is 3.85. The Morgan fingerprint density at radius 2 is 2.04 bits per heavy atom. The Balaban J connectivity index is 2.24. The van der Waals surface area contributed by atoms with Crippen LogP contribution in [-0.2, 0) is 9.59 Å². The number of benzene rings is 1. The average molecular weight is 361 g/mol. The van der Waals surface area contributed by atoms with Crippen molar-refractivity contribution in [3.8, 4) is 0 Å². The molecule has 1 fully saturated rings. The van der Waals surface area contributed by atoms with Gasteiger partial charge >= 0.3 is 5.97 Å². The third kappa shape index (κ3) is 4.33. The highest BCUT2D eigenvalue weighted by atomic mass is 32.2. The predicted octanol–water partition coefficient (Wildman–Crippen LogP) is 4.09. The normalized spacial score (nSPS) is 18.3. The second kappa shape index (κ2) is 8.26. The van der Waals surface area contributed by atoms with Crippen LogP contribution >= 0.6 is 24.0 Å². The Morgan fingerprint density at radius 1 is 1.38 bits per heavy atom. The Hall–Kier alpha value is -1.92. The lowest BCUT2D eigenvalue weighted by Gasteiger charge is -2.22. The Bertz CT molecular complexity index is 710. The summed E-state index contributed by atoms with van der Waals surface area (Å²) in [6.07, 6.45) is 4.78. The van der Waals surface area contributed by atoms with Crippen LogP contribution in [0, 0.1) is 0 Å². The van der Waals surface area contributed by atoms with Gasteiger partial charge in [0.25, 0.3) is 5.91 Å². The number of aliphatic carboxylic acids is 1. The van der Waals surface area contributed by atoms with Crippen molar-refractivity contribution in [2.75, 3.05) is 0 Å². The second-order valence-electron chi connectivity index (χ2n) is 5.49. The summed E-state index contributed by atoms with van der Waals surface area (Å²) in [6, 6.07) is 8.89. The smallest absolute Gasteiger partial charge is 0.326 e. The van der Waals surface area contributed by atoms with Crippen molar-refractivity contribution in [1.29, 1.82) is 0 Å². The fraction of sp³-hybridized carbons (Fsp3) is 0.278. The van der Waals surface area contributed by atoms with Crippen molar-refractivity contribution in [3.63, 3.8) is 0 Å². The molecule has 1 aliphatic heterocycles. The quantitative estimate of drug-likeness (QED) is 0.611. The molecule has 126 valence electrons. The first-order chi connectivity index (χ1) is 11.4. The van der Waals surface area contributed by atoms with Crippen molar-refractivity contribution in [2.24, 2.45) is 0 Å². The minimum Gasteiger partial charge on any atom is -0.480 e. The standard InChI is InChI=1S/C18H19NO3S2/c1-3-7-14(17(21)22)19-16(20)15(24-18(19)23)11-12(2)10-13-8-5-4-6-9-13/h4-6,8-11,14H,3,7H2,1-2H3,(H,21,22)/b12-10-,15-11-/t14-/m0/s1. The molecule has 0 aromatic heterocycles. The van der Waals surface area contributed by atoms with Crippen molar-refractivity contribution in [3.05, 3.63) is 52.4 Å². The van der Waals surface area contributed by atoms with Crippen molar-refractivity contribution in [2.45, 2.75) is 32.7 Å². The van der Waals surface area contributed by atoms with Crippen molar-refractivity contribution < 1.29 is 14.7 Å². The Labute approximate surface area is 151 Å². The first kappa shape index (κ1) is 18.4. The van der Waals surface area contributed by atoms with Gasteiger partial charge < -0.3 is 5.11 Å². The summed E-state index contributed by atoms with van der Waals surface area (Å²) in [5.74, 6) is -1.35. The summed E-state index contributed by atoms with van der Waals surface area (Å²) >= 11 is 6.39. The Kier molecular flexibility index (Phi) is 6.34. The van der Waals surface area contributed by atoms with Gasteiger partial charge in [-0.15, -0.1) is 0 Å². The third-order valence-electron chi connectivity index (χ3n) is 3.54. The number of carboxylic acid groups (broad SMARTS) is 1. The average Bonchev–Trinajstić information content (AvgIpc) is 2.80. The van der Waals surface area contributed by atoms with Gasteiger partial charge in [-0.05, 0) is 30.6 Å². The highest BCUT2D eigenvalue weighted by Gasteiger charge is 2.39. The molecule has 4 nitrogen and oxygen atoms in total. The number of thioether (sulfide) groups is 1. The molecule has 1 amide bonds. The van der Waals surface area contributed by atoms with Gasteiger partial charge in [0.2, 0.25) is 0 Å². The zero-order valence-electron chi connectivity index (χ0n) is 13.6. The number of thiocarbonyl (C=S) groups is 1. The van der Waals surface area contributed by atoms with Crippen LogP contribution in [0.3, 0.4) is 0 Å². The minimum atomic E-state index is -1.02. The molecule has 1 aromatic carbocycles. The summed E-state index contributed by atoms with van der Waals surface area (Å²) in [7, 11) is 0. The van der Waals surface area contributed by atoms with E-state index in [0.29, 0.717) is 22.1 Å². The van der Waals surface area contributed by atoms with E-state index in [1.165, 1.54) is 4.90 Å². The van der Waals surface area contributed by atoms with Crippen LogP contribution in [0.15, 0.2) is 46.9 Å². The lowest BCUT2D eigenvalue weighted by Crippen LogP contribution is -2.43. The molecule has 6 heteroatoms. The van der Waals surface area contributed by atoms with Gasteiger partial charge in [0.1, 0.15) is 10.4 Å². The van der Waals surface area contributed by atoms with E-state index in [1.54, 1.807) is 6.08 Å². The van der Waals surface area contributed by atoms with Gasteiger partial charge in [-0.1, -0.05) is 73.7 Å². The van der Waals surface area contributed by atoms with Gasteiger partial charge in [-0.2, -0.15) is 0 Å². The van der Waals surface area contributed by atoms with Crippen LogP contribution in [0.2, 0.25) is 0 Å². The zero-order valence-corrected chi connectivity index (χ0v) is 15.2. The predicted molar refractivity (Wildman–Crippen MR) is 102 cm³/mol. The summed E-state index contributed by atoms with van der Waals surface area (Å²) in [6.45, 7) is 3.79. The van der Waals surface area contributed by atoms with Gasteiger partial charge in [0.15, 0.2) is 0 Å². The van der Waals surface area contributed by atoms with Gasteiger partial charge in [-0.3, -0.25) is 9.69 Å². The maximum Gasteiger partial charge on any atom is 0.326 e. The number of hydrogen-bond acceptors (Lipinski definition) is 4. The molecule has 0 spiro atoms. The molecule has 0 radical (unpaired) electrons. The molecule has 0 aliphatic carbocycles. The number of rotatable bonds is 6. The SMILES string of the molecule is CCC[C@@H](C(=O)O)N1C(=O)/C(=C/C(C)=C\c2ccccc2)SC1=S. The van der Waals surface area contributed by atoms with Crippen LogP contribution in [-0.4, -0.2) is 32.2 Å². The summed E-state index contributed by atoms with van der Waals surface area (Å²) < 4.78 is 0.305. The topological polar surface area (TPSA) is 57.6 Å². The summed E-state index contributed by atoms with van der Waals surface area (Å²) in [5.41, 5.74) is 1.94. The molecule has 1 heterocycles. The molecule has 2 rings (SSSR count). The number of nitrogens with zero attached hydrogens (tertiary/aromatic N) is 1. The van der Waals surface area contributed by atoms with E-state index in [-0.39, 0.29) is 5.91 Å². The van der Waals surface area contributed by atoms with E-state index in [4.69, 9.17) is 12.2 Å². The zero-order chi connectivity index (χ0) is 17.7. The van der Waals surface area contributed by atoms with Crippen LogP contribution in [0.25, 0.3) is 6.08 Å². The summed E-state index contributed by atoms with van der Waals surface area (Å²) in [4.78, 5) is 25.7. The van der Waals surface area contributed by atoms with Crippen LogP contribution in [0.4, 0.5) is 0 Å². The van der Waals surface area contributed by atoms with Gasteiger partial charge in [-0.25, -0.2) is 4.79 Å². The van der Waals surface area contributed by atoms with Crippen LogP contribution in [0.5, 0.6) is 0 Å². The monoisotopic (exact) mass is 361 g/mol. The highest BCUT2D eigenvalue weighted by molar-refractivity contribution is 8.26. The fourth-order valence-electron chi connectivity index (χ4n) is 2.45. The molecular weight excluding hydrogens is 342 g/mol. The minimum absolute atomic E-state index is 0.305. The molecule has 0 unspecified atom stereocenters. The molecular formula is C18H19NO3S2. The van der Waals surface area contributed by atoms with Crippen molar-refractivity contribution in [1.82, 2.24) is 4.90 Å². The van der Waals surface area contributed by atoms with E-state index in [9.17, 15) is 14.7 Å². The maximum atomic E-state index is 12.6. The highest BCUT2D eigenvalue weighted by Crippen LogP contribution is 2.34. The van der Waals surface area contributed by atoms with Gasteiger partial charge in [0.05, 0.1) is 4.91 Å². The molecule has 1 atom stereocenters.